The second-order valence-corrected chi connectivity index (χ2v) is 7.36. The summed E-state index contributed by atoms with van der Waals surface area (Å²) in [6.07, 6.45) is 5.64. The van der Waals surface area contributed by atoms with Crippen molar-refractivity contribution >= 4 is 11.8 Å². The summed E-state index contributed by atoms with van der Waals surface area (Å²) >= 11 is 0. The molecule has 0 saturated heterocycles. The van der Waals surface area contributed by atoms with Gasteiger partial charge in [0, 0.05) is 36.6 Å². The molecule has 1 aromatic carbocycles. The topological polar surface area (TPSA) is 77.0 Å². The third-order valence-corrected chi connectivity index (χ3v) is 5.58. The van der Waals surface area contributed by atoms with Crippen molar-refractivity contribution in [2.75, 3.05) is 17.2 Å². The SMILES string of the molecule is Nc1nc2c(c(N3CCc4cc(=O)n(-c5ccc(F)cc5)cc4C3)n1)CCC2. The molecule has 0 saturated carbocycles. The van der Waals surface area contributed by atoms with Gasteiger partial charge in [-0.2, -0.15) is 4.98 Å². The first-order chi connectivity index (χ1) is 13.6. The van der Waals surface area contributed by atoms with Crippen LogP contribution in [0.15, 0.2) is 41.3 Å². The summed E-state index contributed by atoms with van der Waals surface area (Å²) in [7, 11) is 0. The van der Waals surface area contributed by atoms with Gasteiger partial charge >= 0.3 is 0 Å². The highest BCUT2D eigenvalue weighted by Gasteiger charge is 2.26. The lowest BCUT2D eigenvalue weighted by Crippen LogP contribution is -2.34. The van der Waals surface area contributed by atoms with E-state index >= 15 is 0 Å². The lowest BCUT2D eigenvalue weighted by Gasteiger charge is -2.31. The predicted molar refractivity (Wildman–Crippen MR) is 105 cm³/mol. The quantitative estimate of drug-likeness (QED) is 0.742. The van der Waals surface area contributed by atoms with Crippen molar-refractivity contribution < 1.29 is 4.39 Å². The molecule has 0 spiro atoms. The maximum Gasteiger partial charge on any atom is 0.255 e. The largest absolute Gasteiger partial charge is 0.368 e. The number of nitrogens with zero attached hydrogens (tertiary/aromatic N) is 4. The third-order valence-electron chi connectivity index (χ3n) is 5.58. The van der Waals surface area contributed by atoms with Gasteiger partial charge < -0.3 is 10.6 Å². The summed E-state index contributed by atoms with van der Waals surface area (Å²) in [4.78, 5) is 23.7. The highest BCUT2D eigenvalue weighted by atomic mass is 19.1. The Morgan fingerprint density at radius 3 is 2.68 bits per heavy atom. The normalized spacial score (nSPS) is 15.4. The molecular weight excluding hydrogens is 357 g/mol. The Hall–Kier alpha value is -3.22. The maximum atomic E-state index is 13.2. The molecule has 0 amide bonds. The molecule has 3 aromatic rings. The van der Waals surface area contributed by atoms with E-state index in [4.69, 9.17) is 5.73 Å². The minimum absolute atomic E-state index is 0.106. The molecule has 0 radical (unpaired) electrons. The van der Waals surface area contributed by atoms with Crippen LogP contribution < -0.4 is 16.2 Å². The highest BCUT2D eigenvalue weighted by Crippen LogP contribution is 2.32. The Morgan fingerprint density at radius 1 is 1.04 bits per heavy atom. The van der Waals surface area contributed by atoms with Gasteiger partial charge in [-0.3, -0.25) is 9.36 Å². The molecule has 1 aliphatic heterocycles. The Kier molecular flexibility index (Phi) is 3.89. The summed E-state index contributed by atoms with van der Waals surface area (Å²) < 4.78 is 14.8. The van der Waals surface area contributed by atoms with E-state index in [1.165, 1.54) is 17.7 Å². The van der Waals surface area contributed by atoms with Crippen molar-refractivity contribution in [2.24, 2.45) is 0 Å². The van der Waals surface area contributed by atoms with Gasteiger partial charge in [-0.15, -0.1) is 0 Å². The van der Waals surface area contributed by atoms with E-state index in [2.05, 4.69) is 14.9 Å². The van der Waals surface area contributed by atoms with Crippen LogP contribution in [0.25, 0.3) is 5.69 Å². The second kappa shape index (κ2) is 6.44. The van der Waals surface area contributed by atoms with Crippen LogP contribution in [-0.2, 0) is 25.8 Å². The zero-order valence-electron chi connectivity index (χ0n) is 15.4. The van der Waals surface area contributed by atoms with E-state index in [0.717, 1.165) is 54.9 Å². The monoisotopic (exact) mass is 377 g/mol. The van der Waals surface area contributed by atoms with Gasteiger partial charge in [-0.1, -0.05) is 0 Å². The van der Waals surface area contributed by atoms with Gasteiger partial charge in [0.2, 0.25) is 5.95 Å². The molecule has 0 unspecified atom stereocenters. The number of pyridine rings is 1. The average Bonchev–Trinajstić information content (AvgIpc) is 3.15. The smallest absolute Gasteiger partial charge is 0.255 e. The summed E-state index contributed by atoms with van der Waals surface area (Å²) in [5.41, 5.74) is 10.9. The van der Waals surface area contributed by atoms with Crippen LogP contribution in [0.4, 0.5) is 16.2 Å². The van der Waals surface area contributed by atoms with E-state index in [0.29, 0.717) is 18.2 Å². The molecule has 1 aliphatic carbocycles. The van der Waals surface area contributed by atoms with Crippen LogP contribution in [0.5, 0.6) is 0 Å². The van der Waals surface area contributed by atoms with Crippen LogP contribution in [-0.4, -0.2) is 21.1 Å². The number of nitrogen functional groups attached to an aromatic ring is 1. The predicted octanol–water partition coefficient (Wildman–Crippen LogP) is 2.40. The van der Waals surface area contributed by atoms with Crippen LogP contribution in [0.1, 0.15) is 28.8 Å². The van der Waals surface area contributed by atoms with Gasteiger partial charge in [0.05, 0.1) is 5.69 Å². The Bertz CT molecular complexity index is 1120. The Balaban J connectivity index is 1.53. The molecule has 2 N–H and O–H groups in total. The van der Waals surface area contributed by atoms with Gasteiger partial charge in [0.25, 0.3) is 5.56 Å². The summed E-state index contributed by atoms with van der Waals surface area (Å²) in [6.45, 7) is 1.44. The molecule has 2 aromatic heterocycles. The number of aromatic nitrogens is 3. The van der Waals surface area contributed by atoms with E-state index in [1.54, 1.807) is 22.8 Å². The minimum Gasteiger partial charge on any atom is -0.368 e. The van der Waals surface area contributed by atoms with Crippen molar-refractivity contribution in [3.8, 4) is 5.69 Å². The number of anilines is 2. The van der Waals surface area contributed by atoms with Gasteiger partial charge in [0.15, 0.2) is 0 Å². The van der Waals surface area contributed by atoms with Gasteiger partial charge in [-0.25, -0.2) is 9.37 Å². The molecule has 2 aliphatic rings. The average molecular weight is 377 g/mol. The lowest BCUT2D eigenvalue weighted by atomic mass is 10.0. The van der Waals surface area contributed by atoms with Crippen LogP contribution >= 0.6 is 0 Å². The number of halogens is 1. The molecule has 142 valence electrons. The van der Waals surface area contributed by atoms with E-state index < -0.39 is 0 Å². The van der Waals surface area contributed by atoms with Crippen LogP contribution in [0.2, 0.25) is 0 Å². The van der Waals surface area contributed by atoms with Crippen LogP contribution in [0.3, 0.4) is 0 Å². The number of nitrogens with two attached hydrogens (primary N) is 1. The lowest BCUT2D eigenvalue weighted by molar-refractivity contribution is 0.627. The molecule has 0 fully saturated rings. The maximum absolute atomic E-state index is 13.2. The number of fused-ring (bicyclic) bond motifs is 2. The van der Waals surface area contributed by atoms with Crippen LogP contribution in [0, 0.1) is 5.82 Å². The standard InChI is InChI=1S/C21H20FN5O/c22-15-4-6-16(7-5-15)27-12-14-11-26(9-8-13(14)10-19(27)28)20-17-2-1-3-18(17)24-21(23)25-20/h4-7,10,12H,1-3,8-9,11H2,(H2,23,24,25). The number of benzene rings is 1. The fourth-order valence-corrected chi connectivity index (χ4v) is 4.21. The molecule has 7 heteroatoms. The molecule has 28 heavy (non-hydrogen) atoms. The van der Waals surface area contributed by atoms with Gasteiger partial charge in [0.1, 0.15) is 11.6 Å². The number of hydrogen-bond acceptors (Lipinski definition) is 5. The molecule has 3 heterocycles. The molecule has 6 nitrogen and oxygen atoms in total. The Morgan fingerprint density at radius 2 is 1.86 bits per heavy atom. The number of rotatable bonds is 2. The molecule has 5 rings (SSSR count). The van der Waals surface area contributed by atoms with E-state index in [-0.39, 0.29) is 11.4 Å². The summed E-state index contributed by atoms with van der Waals surface area (Å²) in [6, 6.07) is 7.64. The van der Waals surface area contributed by atoms with Gasteiger partial charge in [-0.05, 0) is 61.1 Å². The van der Waals surface area contributed by atoms with Crippen molar-refractivity contribution in [2.45, 2.75) is 32.2 Å². The zero-order chi connectivity index (χ0) is 19.3. The summed E-state index contributed by atoms with van der Waals surface area (Å²) in [5.74, 6) is 0.916. The molecule has 0 bridgehead atoms. The Labute approximate surface area is 161 Å². The summed E-state index contributed by atoms with van der Waals surface area (Å²) in [5, 5.41) is 0. The zero-order valence-corrected chi connectivity index (χ0v) is 15.4. The first-order valence-corrected chi connectivity index (χ1v) is 9.49. The van der Waals surface area contributed by atoms with Crippen molar-refractivity contribution in [1.29, 1.82) is 0 Å². The highest BCUT2D eigenvalue weighted by molar-refractivity contribution is 5.55. The minimum atomic E-state index is -0.323. The van der Waals surface area contributed by atoms with E-state index in [9.17, 15) is 9.18 Å². The molecular formula is C21H20FN5O. The second-order valence-electron chi connectivity index (χ2n) is 7.36. The first-order valence-electron chi connectivity index (χ1n) is 9.49. The fourth-order valence-electron chi connectivity index (χ4n) is 4.21. The fraction of sp³-hybridized carbons (Fsp3) is 0.286. The number of aryl methyl sites for hydroxylation is 1. The van der Waals surface area contributed by atoms with Crippen molar-refractivity contribution in [3.05, 3.63) is 75.1 Å². The molecule has 0 atom stereocenters. The first kappa shape index (κ1) is 16.9. The van der Waals surface area contributed by atoms with Crippen molar-refractivity contribution in [3.63, 3.8) is 0 Å². The third kappa shape index (κ3) is 2.83. The van der Waals surface area contributed by atoms with Crippen molar-refractivity contribution in [1.82, 2.24) is 14.5 Å². The number of hydrogen-bond donors (Lipinski definition) is 1. The van der Waals surface area contributed by atoms with E-state index in [1.807, 2.05) is 6.20 Å².